The van der Waals surface area contributed by atoms with Crippen molar-refractivity contribution in [2.24, 2.45) is 10.9 Å². The highest BCUT2D eigenvalue weighted by atomic mass is 32.2. The second kappa shape index (κ2) is 6.91. The van der Waals surface area contributed by atoms with E-state index in [1.165, 1.54) is 11.8 Å². The number of amides is 3. The number of carbonyl (C=O) groups excluding carboxylic acids is 3. The fraction of sp³-hybridized carbons (Fsp3) is 0.238. The van der Waals surface area contributed by atoms with Crippen LogP contribution in [0.4, 0.5) is 5.69 Å². The van der Waals surface area contributed by atoms with Crippen LogP contribution in [0.15, 0.2) is 59.6 Å². The van der Waals surface area contributed by atoms with Gasteiger partial charge in [-0.3, -0.25) is 19.3 Å². The van der Waals surface area contributed by atoms with Crippen molar-refractivity contribution in [3.8, 4) is 5.75 Å². The molecule has 2 atom stereocenters. The van der Waals surface area contributed by atoms with Gasteiger partial charge in [-0.05, 0) is 31.2 Å². The van der Waals surface area contributed by atoms with E-state index in [0.29, 0.717) is 16.5 Å². The molecule has 28 heavy (non-hydrogen) atoms. The summed E-state index contributed by atoms with van der Waals surface area (Å²) in [4.78, 5) is 43.8. The number of carbonyl (C=O) groups is 3. The zero-order chi connectivity index (χ0) is 19.9. The SMILES string of the molecule is COc1ccc(N2C(=O)C[C@@H]([C@]3(C)SC(c4ccccc4)=NC3=O)C2=O)cc1. The molecule has 0 aromatic heterocycles. The maximum Gasteiger partial charge on any atom is 0.263 e. The van der Waals surface area contributed by atoms with E-state index >= 15 is 0 Å². The van der Waals surface area contributed by atoms with E-state index in [9.17, 15) is 14.4 Å². The van der Waals surface area contributed by atoms with E-state index in [1.54, 1.807) is 38.3 Å². The number of imide groups is 1. The maximum atomic E-state index is 13.1. The van der Waals surface area contributed by atoms with Crippen molar-refractivity contribution in [1.29, 1.82) is 0 Å². The molecule has 0 radical (unpaired) electrons. The Labute approximate surface area is 166 Å². The Bertz CT molecular complexity index is 987. The number of hydrogen-bond donors (Lipinski definition) is 0. The molecular weight excluding hydrogens is 376 g/mol. The first kappa shape index (κ1) is 18.4. The van der Waals surface area contributed by atoms with Gasteiger partial charge in [-0.1, -0.05) is 42.1 Å². The largest absolute Gasteiger partial charge is 0.497 e. The van der Waals surface area contributed by atoms with E-state index in [1.807, 2.05) is 30.3 Å². The molecule has 0 N–H and O–H groups in total. The Morgan fingerprint density at radius 2 is 1.75 bits per heavy atom. The van der Waals surface area contributed by atoms with Gasteiger partial charge in [0, 0.05) is 12.0 Å². The lowest BCUT2D eigenvalue weighted by molar-refractivity contribution is -0.127. The fourth-order valence-corrected chi connectivity index (χ4v) is 4.70. The van der Waals surface area contributed by atoms with E-state index in [0.717, 1.165) is 10.5 Å². The first-order valence-corrected chi connectivity index (χ1v) is 9.64. The van der Waals surface area contributed by atoms with Crippen LogP contribution in [-0.2, 0) is 14.4 Å². The van der Waals surface area contributed by atoms with Crippen molar-refractivity contribution in [2.75, 3.05) is 12.0 Å². The average Bonchev–Trinajstić information content (AvgIpc) is 3.19. The highest BCUT2D eigenvalue weighted by Crippen LogP contribution is 2.46. The minimum absolute atomic E-state index is 0.0162. The van der Waals surface area contributed by atoms with Gasteiger partial charge in [-0.25, -0.2) is 4.99 Å². The number of rotatable bonds is 4. The standard InChI is InChI=1S/C21H18N2O4S/c1-21(20(26)22-18(28-21)13-6-4-3-5-7-13)16-12-17(24)23(19(16)25)14-8-10-15(27-2)11-9-14/h3-11,16H,12H2,1-2H3/t16-,21+/m1/s1. The van der Waals surface area contributed by atoms with Crippen molar-refractivity contribution >= 4 is 40.2 Å². The third kappa shape index (κ3) is 2.92. The van der Waals surface area contributed by atoms with Gasteiger partial charge in [0.1, 0.15) is 15.5 Å². The second-order valence-corrected chi connectivity index (χ2v) is 8.26. The molecule has 0 bridgehead atoms. The first-order valence-electron chi connectivity index (χ1n) is 8.82. The lowest BCUT2D eigenvalue weighted by Crippen LogP contribution is -2.42. The number of methoxy groups -OCH3 is 1. The summed E-state index contributed by atoms with van der Waals surface area (Å²) in [7, 11) is 1.55. The Kier molecular flexibility index (Phi) is 4.55. The summed E-state index contributed by atoms with van der Waals surface area (Å²) in [5.41, 5.74) is 1.30. The Morgan fingerprint density at radius 3 is 2.39 bits per heavy atom. The van der Waals surface area contributed by atoms with Crippen LogP contribution in [0.1, 0.15) is 18.9 Å². The molecule has 2 heterocycles. The lowest BCUT2D eigenvalue weighted by atomic mass is 9.91. The predicted molar refractivity (Wildman–Crippen MR) is 108 cm³/mol. The van der Waals surface area contributed by atoms with E-state index < -0.39 is 10.7 Å². The van der Waals surface area contributed by atoms with Crippen molar-refractivity contribution in [1.82, 2.24) is 0 Å². The monoisotopic (exact) mass is 394 g/mol. The number of anilines is 1. The van der Waals surface area contributed by atoms with Gasteiger partial charge in [0.25, 0.3) is 5.91 Å². The van der Waals surface area contributed by atoms with Gasteiger partial charge < -0.3 is 4.74 Å². The van der Waals surface area contributed by atoms with Crippen molar-refractivity contribution in [2.45, 2.75) is 18.1 Å². The molecule has 7 heteroatoms. The molecule has 3 amide bonds. The van der Waals surface area contributed by atoms with Crippen LogP contribution in [-0.4, -0.2) is 34.6 Å². The number of benzene rings is 2. The summed E-state index contributed by atoms with van der Waals surface area (Å²) in [5, 5.41) is 0.580. The van der Waals surface area contributed by atoms with Crippen LogP contribution < -0.4 is 9.64 Å². The van der Waals surface area contributed by atoms with Gasteiger partial charge in [-0.2, -0.15) is 0 Å². The highest BCUT2D eigenvalue weighted by Gasteiger charge is 2.56. The molecule has 0 spiro atoms. The average molecular weight is 394 g/mol. The first-order chi connectivity index (χ1) is 13.4. The number of hydrogen-bond acceptors (Lipinski definition) is 5. The van der Waals surface area contributed by atoms with Gasteiger partial charge >= 0.3 is 0 Å². The lowest BCUT2D eigenvalue weighted by Gasteiger charge is -2.25. The summed E-state index contributed by atoms with van der Waals surface area (Å²) in [6.45, 7) is 1.70. The zero-order valence-electron chi connectivity index (χ0n) is 15.4. The summed E-state index contributed by atoms with van der Waals surface area (Å²) < 4.78 is 4.02. The molecule has 0 aliphatic carbocycles. The normalized spacial score (nSPS) is 24.6. The van der Waals surface area contributed by atoms with Crippen molar-refractivity contribution < 1.29 is 19.1 Å². The maximum absolute atomic E-state index is 13.1. The van der Waals surface area contributed by atoms with Gasteiger partial charge in [0.05, 0.1) is 18.7 Å². The number of nitrogens with zero attached hydrogens (tertiary/aromatic N) is 2. The molecular formula is C21H18N2O4S. The van der Waals surface area contributed by atoms with Crippen LogP contribution in [0.5, 0.6) is 5.75 Å². The topological polar surface area (TPSA) is 76.0 Å². The number of aliphatic imine (C=N–C) groups is 1. The molecule has 2 aliphatic heterocycles. The van der Waals surface area contributed by atoms with Crippen LogP contribution in [0, 0.1) is 5.92 Å². The Balaban J connectivity index is 1.60. The molecule has 2 aromatic rings. The second-order valence-electron chi connectivity index (χ2n) is 6.82. The van der Waals surface area contributed by atoms with Gasteiger partial charge in [0.2, 0.25) is 11.8 Å². The minimum Gasteiger partial charge on any atom is -0.497 e. The van der Waals surface area contributed by atoms with E-state index in [4.69, 9.17) is 4.74 Å². The third-order valence-electron chi connectivity index (χ3n) is 5.10. The summed E-state index contributed by atoms with van der Waals surface area (Å²) in [5.74, 6) is -1.19. The van der Waals surface area contributed by atoms with Crippen molar-refractivity contribution in [3.63, 3.8) is 0 Å². The summed E-state index contributed by atoms with van der Waals surface area (Å²) in [6, 6.07) is 16.1. The predicted octanol–water partition coefficient (Wildman–Crippen LogP) is 3.05. The van der Waals surface area contributed by atoms with Crippen LogP contribution in [0.2, 0.25) is 0 Å². The molecule has 4 rings (SSSR count). The minimum atomic E-state index is -1.10. The van der Waals surface area contributed by atoms with Gasteiger partial charge in [-0.15, -0.1) is 0 Å². The van der Waals surface area contributed by atoms with Crippen LogP contribution >= 0.6 is 11.8 Å². The van der Waals surface area contributed by atoms with E-state index in [-0.39, 0.29) is 24.1 Å². The quantitative estimate of drug-likeness (QED) is 0.745. The molecule has 1 fully saturated rings. The van der Waals surface area contributed by atoms with Gasteiger partial charge in [0.15, 0.2) is 0 Å². The summed E-state index contributed by atoms with van der Waals surface area (Å²) in [6.07, 6.45) is -0.0162. The molecule has 1 saturated heterocycles. The highest BCUT2D eigenvalue weighted by molar-refractivity contribution is 8.16. The Morgan fingerprint density at radius 1 is 1.07 bits per heavy atom. The van der Waals surface area contributed by atoms with Crippen LogP contribution in [0.25, 0.3) is 0 Å². The number of thioether (sulfide) groups is 1. The molecule has 0 saturated carbocycles. The summed E-state index contributed by atoms with van der Waals surface area (Å²) >= 11 is 1.26. The smallest absolute Gasteiger partial charge is 0.263 e. The molecule has 142 valence electrons. The third-order valence-corrected chi connectivity index (χ3v) is 6.50. The molecule has 2 aromatic carbocycles. The molecule has 2 aliphatic rings. The van der Waals surface area contributed by atoms with Crippen LogP contribution in [0.3, 0.4) is 0 Å². The number of ether oxygens (including phenoxy) is 1. The molecule has 6 nitrogen and oxygen atoms in total. The zero-order valence-corrected chi connectivity index (χ0v) is 16.2. The Hall–Kier alpha value is -2.93. The van der Waals surface area contributed by atoms with Crippen molar-refractivity contribution in [3.05, 3.63) is 60.2 Å². The fourth-order valence-electron chi connectivity index (χ4n) is 3.46. The molecule has 0 unspecified atom stereocenters. The van der Waals surface area contributed by atoms with E-state index in [2.05, 4.69) is 4.99 Å².